The highest BCUT2D eigenvalue weighted by atomic mass is 19.2. The fourth-order valence-electron chi connectivity index (χ4n) is 1.97. The summed E-state index contributed by atoms with van der Waals surface area (Å²) in [5.41, 5.74) is 0.773. The van der Waals surface area contributed by atoms with Crippen molar-refractivity contribution in [2.45, 2.75) is 25.5 Å². The van der Waals surface area contributed by atoms with Gasteiger partial charge in [-0.3, -0.25) is 4.90 Å². The first-order valence-corrected chi connectivity index (χ1v) is 5.49. The Morgan fingerprint density at radius 3 is 2.50 bits per heavy atom. The summed E-state index contributed by atoms with van der Waals surface area (Å²) in [7, 11) is 0. The molecule has 0 atom stereocenters. The number of hydrogen-bond donors (Lipinski definition) is 1. The highest BCUT2D eigenvalue weighted by Crippen LogP contribution is 2.15. The molecule has 1 saturated heterocycles. The number of halogens is 2. The maximum atomic E-state index is 13.0. The lowest BCUT2D eigenvalue weighted by Crippen LogP contribution is -2.35. The molecule has 16 heavy (non-hydrogen) atoms. The zero-order chi connectivity index (χ0) is 11.5. The van der Waals surface area contributed by atoms with Gasteiger partial charge in [0, 0.05) is 19.6 Å². The molecular weight excluding hydrogens is 212 g/mol. The number of aliphatic hydroxyl groups is 1. The van der Waals surface area contributed by atoms with E-state index >= 15 is 0 Å². The molecule has 1 aromatic carbocycles. The van der Waals surface area contributed by atoms with E-state index in [9.17, 15) is 13.9 Å². The van der Waals surface area contributed by atoms with E-state index in [2.05, 4.69) is 4.90 Å². The van der Waals surface area contributed by atoms with Crippen LogP contribution in [0.4, 0.5) is 8.78 Å². The Hall–Kier alpha value is -1.00. The topological polar surface area (TPSA) is 23.5 Å². The molecular formula is C12H15F2NO. The summed E-state index contributed by atoms with van der Waals surface area (Å²) in [5.74, 6) is -1.60. The first-order valence-electron chi connectivity index (χ1n) is 5.49. The number of benzene rings is 1. The Labute approximate surface area is 93.5 Å². The van der Waals surface area contributed by atoms with Gasteiger partial charge in [0.15, 0.2) is 11.6 Å². The Bertz CT molecular complexity index is 362. The molecule has 1 fully saturated rings. The Morgan fingerprint density at radius 1 is 1.19 bits per heavy atom. The molecule has 0 aromatic heterocycles. The van der Waals surface area contributed by atoms with E-state index in [1.807, 2.05) is 0 Å². The molecule has 0 bridgehead atoms. The number of likely N-dealkylation sites (tertiary alicyclic amines) is 1. The van der Waals surface area contributed by atoms with Gasteiger partial charge in [-0.25, -0.2) is 8.78 Å². The summed E-state index contributed by atoms with van der Waals surface area (Å²) in [6.07, 6.45) is 1.30. The maximum absolute atomic E-state index is 13.0. The summed E-state index contributed by atoms with van der Waals surface area (Å²) >= 11 is 0. The monoisotopic (exact) mass is 227 g/mol. The maximum Gasteiger partial charge on any atom is 0.159 e. The fourth-order valence-corrected chi connectivity index (χ4v) is 1.97. The van der Waals surface area contributed by atoms with Crippen molar-refractivity contribution in [2.24, 2.45) is 0 Å². The summed E-state index contributed by atoms with van der Waals surface area (Å²) in [5, 5.41) is 9.34. The molecule has 0 aliphatic carbocycles. The Kier molecular flexibility index (Phi) is 3.51. The largest absolute Gasteiger partial charge is 0.393 e. The van der Waals surface area contributed by atoms with E-state index in [-0.39, 0.29) is 6.10 Å². The van der Waals surface area contributed by atoms with Crippen LogP contribution in [0.25, 0.3) is 0 Å². The van der Waals surface area contributed by atoms with Gasteiger partial charge in [0.1, 0.15) is 0 Å². The van der Waals surface area contributed by atoms with E-state index in [1.54, 1.807) is 6.07 Å². The lowest BCUT2D eigenvalue weighted by molar-refractivity contribution is 0.0792. The van der Waals surface area contributed by atoms with Gasteiger partial charge in [-0.15, -0.1) is 0 Å². The molecule has 88 valence electrons. The third-order valence-corrected chi connectivity index (χ3v) is 2.95. The second-order valence-electron chi connectivity index (χ2n) is 4.26. The highest BCUT2D eigenvalue weighted by molar-refractivity contribution is 5.17. The van der Waals surface area contributed by atoms with Crippen molar-refractivity contribution in [3.63, 3.8) is 0 Å². The van der Waals surface area contributed by atoms with Crippen LogP contribution in [0.15, 0.2) is 18.2 Å². The van der Waals surface area contributed by atoms with Gasteiger partial charge in [0.25, 0.3) is 0 Å². The molecule has 1 aliphatic heterocycles. The lowest BCUT2D eigenvalue weighted by atomic mass is 10.1. The third kappa shape index (κ3) is 2.77. The Morgan fingerprint density at radius 2 is 1.88 bits per heavy atom. The van der Waals surface area contributed by atoms with Gasteiger partial charge in [0.2, 0.25) is 0 Å². The van der Waals surface area contributed by atoms with Gasteiger partial charge < -0.3 is 5.11 Å². The minimum absolute atomic E-state index is 0.207. The average Bonchev–Trinajstić information content (AvgIpc) is 2.27. The molecule has 2 nitrogen and oxygen atoms in total. The zero-order valence-electron chi connectivity index (χ0n) is 9.00. The number of piperidine rings is 1. The molecule has 0 amide bonds. The van der Waals surface area contributed by atoms with E-state index in [0.29, 0.717) is 6.54 Å². The fraction of sp³-hybridized carbons (Fsp3) is 0.500. The van der Waals surface area contributed by atoms with Crippen LogP contribution in [0.1, 0.15) is 18.4 Å². The summed E-state index contributed by atoms with van der Waals surface area (Å²) in [6, 6.07) is 3.99. The van der Waals surface area contributed by atoms with Crippen LogP contribution in [-0.4, -0.2) is 29.2 Å². The number of aliphatic hydroxyl groups excluding tert-OH is 1. The van der Waals surface area contributed by atoms with Crippen LogP contribution in [0.3, 0.4) is 0 Å². The normalized spacial score (nSPS) is 18.9. The van der Waals surface area contributed by atoms with E-state index < -0.39 is 11.6 Å². The molecule has 2 rings (SSSR count). The highest BCUT2D eigenvalue weighted by Gasteiger charge is 2.17. The predicted octanol–water partition coefficient (Wildman–Crippen LogP) is 1.92. The van der Waals surface area contributed by atoms with Crippen LogP contribution >= 0.6 is 0 Å². The van der Waals surface area contributed by atoms with Crippen LogP contribution in [0.5, 0.6) is 0 Å². The van der Waals surface area contributed by atoms with Crippen molar-refractivity contribution in [1.29, 1.82) is 0 Å². The SMILES string of the molecule is OC1CCN(Cc2ccc(F)c(F)c2)CC1. The first kappa shape index (κ1) is 11.5. The smallest absolute Gasteiger partial charge is 0.159 e. The van der Waals surface area contributed by atoms with E-state index in [4.69, 9.17) is 0 Å². The third-order valence-electron chi connectivity index (χ3n) is 2.95. The molecule has 1 aromatic rings. The van der Waals surface area contributed by atoms with Crippen molar-refractivity contribution in [2.75, 3.05) is 13.1 Å². The van der Waals surface area contributed by atoms with Crippen LogP contribution in [0, 0.1) is 11.6 Å². The van der Waals surface area contributed by atoms with Gasteiger partial charge >= 0.3 is 0 Å². The van der Waals surface area contributed by atoms with Crippen molar-refractivity contribution in [3.8, 4) is 0 Å². The van der Waals surface area contributed by atoms with E-state index in [1.165, 1.54) is 6.07 Å². The minimum Gasteiger partial charge on any atom is -0.393 e. The summed E-state index contributed by atoms with van der Waals surface area (Å²) in [6.45, 7) is 2.23. The van der Waals surface area contributed by atoms with Crippen molar-refractivity contribution in [3.05, 3.63) is 35.4 Å². The standard InChI is InChI=1S/C12H15F2NO/c13-11-2-1-9(7-12(11)14)8-15-5-3-10(16)4-6-15/h1-2,7,10,16H,3-6,8H2. The van der Waals surface area contributed by atoms with Crippen molar-refractivity contribution >= 4 is 0 Å². The molecule has 0 unspecified atom stereocenters. The number of rotatable bonds is 2. The minimum atomic E-state index is -0.808. The second kappa shape index (κ2) is 4.89. The van der Waals surface area contributed by atoms with Gasteiger partial charge in [-0.2, -0.15) is 0 Å². The molecule has 1 aliphatic rings. The molecule has 0 radical (unpaired) electrons. The Balaban J connectivity index is 1.96. The molecule has 1 heterocycles. The number of nitrogens with zero attached hydrogens (tertiary/aromatic N) is 1. The number of hydrogen-bond acceptors (Lipinski definition) is 2. The first-order chi connectivity index (χ1) is 7.65. The van der Waals surface area contributed by atoms with Gasteiger partial charge in [-0.05, 0) is 30.5 Å². The van der Waals surface area contributed by atoms with Gasteiger partial charge in [0.05, 0.1) is 6.10 Å². The molecule has 0 saturated carbocycles. The van der Waals surface area contributed by atoms with Gasteiger partial charge in [-0.1, -0.05) is 6.07 Å². The lowest BCUT2D eigenvalue weighted by Gasteiger charge is -2.29. The summed E-state index contributed by atoms with van der Waals surface area (Å²) in [4.78, 5) is 2.14. The summed E-state index contributed by atoms with van der Waals surface area (Å²) < 4.78 is 25.7. The van der Waals surface area contributed by atoms with E-state index in [0.717, 1.165) is 37.6 Å². The van der Waals surface area contributed by atoms with Crippen molar-refractivity contribution < 1.29 is 13.9 Å². The predicted molar refractivity (Wildman–Crippen MR) is 56.9 cm³/mol. The zero-order valence-corrected chi connectivity index (χ0v) is 9.00. The van der Waals surface area contributed by atoms with Crippen LogP contribution < -0.4 is 0 Å². The average molecular weight is 227 g/mol. The quantitative estimate of drug-likeness (QED) is 0.834. The molecule has 4 heteroatoms. The second-order valence-corrected chi connectivity index (χ2v) is 4.26. The molecule has 1 N–H and O–H groups in total. The van der Waals surface area contributed by atoms with Crippen molar-refractivity contribution in [1.82, 2.24) is 4.90 Å². The molecule has 0 spiro atoms. The van der Waals surface area contributed by atoms with Crippen LogP contribution in [-0.2, 0) is 6.54 Å². The van der Waals surface area contributed by atoms with Crippen LogP contribution in [0.2, 0.25) is 0 Å².